The van der Waals surface area contributed by atoms with Crippen LogP contribution in [0.5, 0.6) is 11.5 Å². The second-order valence-electron chi connectivity index (χ2n) is 4.74. The van der Waals surface area contributed by atoms with Crippen molar-refractivity contribution in [1.82, 2.24) is 15.2 Å². The van der Waals surface area contributed by atoms with Crippen LogP contribution in [-0.4, -0.2) is 40.6 Å². The zero-order chi connectivity index (χ0) is 16.8. The van der Waals surface area contributed by atoms with Crippen LogP contribution in [0.3, 0.4) is 0 Å². The van der Waals surface area contributed by atoms with E-state index >= 15 is 0 Å². The molecule has 1 aromatic carbocycles. The van der Waals surface area contributed by atoms with Gasteiger partial charge in [0.1, 0.15) is 5.82 Å². The zero-order valence-corrected chi connectivity index (χ0v) is 14.4. The lowest BCUT2D eigenvalue weighted by Gasteiger charge is -2.12. The highest BCUT2D eigenvalue weighted by atomic mass is 32.2. The summed E-state index contributed by atoms with van der Waals surface area (Å²) in [5.74, 6) is 1.85. The summed E-state index contributed by atoms with van der Waals surface area (Å²) >= 11 is 1.30. The fraction of sp³-hybridized carbons (Fsp3) is 0.400. The molecule has 8 heteroatoms. The lowest BCUT2D eigenvalue weighted by molar-refractivity contribution is -0.115. The molecule has 2 rings (SSSR count). The Morgan fingerprint density at radius 3 is 2.70 bits per heavy atom. The highest BCUT2D eigenvalue weighted by molar-refractivity contribution is 8.00. The summed E-state index contributed by atoms with van der Waals surface area (Å²) in [4.78, 5) is 16.6. The summed E-state index contributed by atoms with van der Waals surface area (Å²) in [5, 5.41) is 9.99. The highest BCUT2D eigenvalue weighted by Crippen LogP contribution is 2.30. The van der Waals surface area contributed by atoms with Crippen molar-refractivity contribution in [3.8, 4) is 11.5 Å². The first-order valence-electron chi connectivity index (χ1n) is 7.18. The van der Waals surface area contributed by atoms with Crippen LogP contribution in [0, 0.1) is 0 Å². The van der Waals surface area contributed by atoms with E-state index in [1.165, 1.54) is 11.8 Å². The van der Waals surface area contributed by atoms with Crippen molar-refractivity contribution >= 4 is 23.4 Å². The second-order valence-corrected chi connectivity index (χ2v) is 6.05. The number of anilines is 1. The van der Waals surface area contributed by atoms with Gasteiger partial charge in [-0.3, -0.25) is 9.89 Å². The molecule has 0 aliphatic rings. The first-order chi connectivity index (χ1) is 11.1. The van der Waals surface area contributed by atoms with E-state index in [4.69, 9.17) is 9.47 Å². The number of rotatable bonds is 7. The minimum Gasteiger partial charge on any atom is -0.493 e. The molecule has 0 aliphatic heterocycles. The molecule has 2 N–H and O–H groups in total. The van der Waals surface area contributed by atoms with Crippen LogP contribution in [0.1, 0.15) is 19.7 Å². The molecule has 2 aromatic rings. The highest BCUT2D eigenvalue weighted by Gasteiger charge is 2.17. The van der Waals surface area contributed by atoms with Gasteiger partial charge in [-0.05, 0) is 19.1 Å². The summed E-state index contributed by atoms with van der Waals surface area (Å²) in [5.41, 5.74) is 0.643. The van der Waals surface area contributed by atoms with Gasteiger partial charge in [-0.2, -0.15) is 0 Å². The standard InChI is InChI=1S/C15H20N4O3S/c1-5-13-17-15(19-18-13)23-9(2)14(20)16-10-6-7-11(21-3)12(8-10)22-4/h6-9H,5H2,1-4H3,(H,16,20)(H,17,18,19). The lowest BCUT2D eigenvalue weighted by atomic mass is 10.2. The number of ether oxygens (including phenoxy) is 2. The summed E-state index contributed by atoms with van der Waals surface area (Å²) in [7, 11) is 3.12. The number of carbonyl (C=O) groups is 1. The van der Waals surface area contributed by atoms with Crippen molar-refractivity contribution in [2.45, 2.75) is 30.7 Å². The normalized spacial score (nSPS) is 11.8. The zero-order valence-electron chi connectivity index (χ0n) is 13.5. The summed E-state index contributed by atoms with van der Waals surface area (Å²) in [6.45, 7) is 3.80. The van der Waals surface area contributed by atoms with Crippen LogP contribution in [0.4, 0.5) is 5.69 Å². The van der Waals surface area contributed by atoms with Gasteiger partial charge in [-0.15, -0.1) is 5.10 Å². The predicted octanol–water partition coefficient (Wildman–Crippen LogP) is 2.50. The monoisotopic (exact) mass is 336 g/mol. The topological polar surface area (TPSA) is 89.1 Å². The molecular weight excluding hydrogens is 316 g/mol. The van der Waals surface area contributed by atoms with E-state index < -0.39 is 0 Å². The number of hydrogen-bond acceptors (Lipinski definition) is 6. The van der Waals surface area contributed by atoms with Crippen molar-refractivity contribution in [1.29, 1.82) is 0 Å². The largest absolute Gasteiger partial charge is 0.493 e. The van der Waals surface area contributed by atoms with E-state index in [1.54, 1.807) is 32.4 Å². The molecule has 0 aliphatic carbocycles. The van der Waals surface area contributed by atoms with Crippen LogP contribution < -0.4 is 14.8 Å². The number of amides is 1. The number of methoxy groups -OCH3 is 2. The summed E-state index contributed by atoms with van der Waals surface area (Å²) < 4.78 is 10.4. The van der Waals surface area contributed by atoms with E-state index in [1.807, 2.05) is 13.8 Å². The van der Waals surface area contributed by atoms with Gasteiger partial charge in [0, 0.05) is 18.2 Å². The number of aromatic amines is 1. The molecule has 0 spiro atoms. The first kappa shape index (κ1) is 17.1. The number of benzene rings is 1. The Morgan fingerprint density at radius 2 is 2.09 bits per heavy atom. The van der Waals surface area contributed by atoms with Crippen LogP contribution in [0.25, 0.3) is 0 Å². The quantitative estimate of drug-likeness (QED) is 0.755. The van der Waals surface area contributed by atoms with Gasteiger partial charge in [0.15, 0.2) is 11.5 Å². The fourth-order valence-corrected chi connectivity index (χ4v) is 2.60. The molecule has 23 heavy (non-hydrogen) atoms. The maximum Gasteiger partial charge on any atom is 0.237 e. The molecule has 0 saturated carbocycles. The number of nitrogens with zero attached hydrogens (tertiary/aromatic N) is 2. The third-order valence-corrected chi connectivity index (χ3v) is 4.11. The van der Waals surface area contributed by atoms with Gasteiger partial charge in [0.2, 0.25) is 11.1 Å². The van der Waals surface area contributed by atoms with E-state index in [-0.39, 0.29) is 11.2 Å². The Balaban J connectivity index is 2.00. The molecule has 1 amide bonds. The Kier molecular flexibility index (Phi) is 5.86. The predicted molar refractivity (Wildman–Crippen MR) is 89.3 cm³/mol. The molecule has 124 valence electrons. The van der Waals surface area contributed by atoms with Gasteiger partial charge in [0.25, 0.3) is 0 Å². The Labute approximate surface area is 139 Å². The van der Waals surface area contributed by atoms with Crippen molar-refractivity contribution in [2.24, 2.45) is 0 Å². The average molecular weight is 336 g/mol. The second kappa shape index (κ2) is 7.87. The number of aryl methyl sites for hydroxylation is 1. The Bertz CT molecular complexity index is 674. The third-order valence-electron chi connectivity index (χ3n) is 3.15. The molecule has 7 nitrogen and oxygen atoms in total. The third kappa shape index (κ3) is 4.38. The maximum absolute atomic E-state index is 12.3. The Morgan fingerprint density at radius 1 is 1.35 bits per heavy atom. The van der Waals surface area contributed by atoms with Crippen molar-refractivity contribution < 1.29 is 14.3 Å². The van der Waals surface area contributed by atoms with Crippen molar-refractivity contribution in [2.75, 3.05) is 19.5 Å². The summed E-state index contributed by atoms with van der Waals surface area (Å²) in [6.07, 6.45) is 0.778. The van der Waals surface area contributed by atoms with E-state index in [2.05, 4.69) is 20.5 Å². The molecule has 0 fully saturated rings. The van der Waals surface area contributed by atoms with E-state index in [0.717, 1.165) is 12.2 Å². The summed E-state index contributed by atoms with van der Waals surface area (Å²) in [6, 6.07) is 5.23. The molecule has 1 unspecified atom stereocenters. The molecule has 1 atom stereocenters. The molecule has 0 radical (unpaired) electrons. The van der Waals surface area contributed by atoms with Gasteiger partial charge in [-0.1, -0.05) is 18.7 Å². The molecule has 0 saturated heterocycles. The molecular formula is C15H20N4O3S. The van der Waals surface area contributed by atoms with Crippen molar-refractivity contribution in [3.63, 3.8) is 0 Å². The number of carbonyl (C=O) groups excluding carboxylic acids is 1. The smallest absolute Gasteiger partial charge is 0.237 e. The van der Waals surface area contributed by atoms with Crippen LogP contribution >= 0.6 is 11.8 Å². The molecule has 0 bridgehead atoms. The molecule has 1 heterocycles. The van der Waals surface area contributed by atoms with Gasteiger partial charge in [0.05, 0.1) is 19.5 Å². The minimum absolute atomic E-state index is 0.134. The van der Waals surface area contributed by atoms with E-state index in [0.29, 0.717) is 22.3 Å². The van der Waals surface area contributed by atoms with Gasteiger partial charge < -0.3 is 14.8 Å². The fourth-order valence-electron chi connectivity index (χ4n) is 1.86. The van der Waals surface area contributed by atoms with Gasteiger partial charge in [-0.25, -0.2) is 4.98 Å². The van der Waals surface area contributed by atoms with Crippen LogP contribution in [-0.2, 0) is 11.2 Å². The number of hydrogen-bond donors (Lipinski definition) is 2. The lowest BCUT2D eigenvalue weighted by Crippen LogP contribution is -2.22. The van der Waals surface area contributed by atoms with Crippen LogP contribution in [0.2, 0.25) is 0 Å². The van der Waals surface area contributed by atoms with Gasteiger partial charge >= 0.3 is 0 Å². The Hall–Kier alpha value is -2.22. The number of aromatic nitrogens is 3. The number of H-pyrrole nitrogens is 1. The number of thioether (sulfide) groups is 1. The van der Waals surface area contributed by atoms with E-state index in [9.17, 15) is 4.79 Å². The van der Waals surface area contributed by atoms with Crippen LogP contribution in [0.15, 0.2) is 23.4 Å². The SMILES string of the molecule is CCc1nc(SC(C)C(=O)Nc2ccc(OC)c(OC)c2)n[nH]1. The average Bonchev–Trinajstić information content (AvgIpc) is 3.02. The first-order valence-corrected chi connectivity index (χ1v) is 8.06. The molecule has 1 aromatic heterocycles. The maximum atomic E-state index is 12.3. The minimum atomic E-state index is -0.330. The van der Waals surface area contributed by atoms with Crippen molar-refractivity contribution in [3.05, 3.63) is 24.0 Å². The number of nitrogens with one attached hydrogen (secondary N) is 2.